The molecule has 0 unspecified atom stereocenters. The monoisotopic (exact) mass is 355 g/mol. The van der Waals surface area contributed by atoms with Crippen LogP contribution in [0.4, 0.5) is 8.78 Å². The van der Waals surface area contributed by atoms with Crippen LogP contribution in [0.25, 0.3) is 0 Å². The van der Waals surface area contributed by atoms with Crippen LogP contribution in [0.5, 0.6) is 5.75 Å². The number of benzene rings is 1. The molecule has 1 heterocycles. The summed E-state index contributed by atoms with van der Waals surface area (Å²) in [6, 6.07) is 0.773. The van der Waals surface area contributed by atoms with Crippen LogP contribution in [0.3, 0.4) is 0 Å². The molecule has 2 aliphatic rings. The fraction of sp³-hybridized carbons (Fsp3) is 0.529. The zero-order chi connectivity index (χ0) is 18.1. The average Bonchev–Trinajstić information content (AvgIpc) is 2.57. The second-order valence-electron chi connectivity index (χ2n) is 6.68. The molecule has 136 valence electrons. The van der Waals surface area contributed by atoms with Crippen molar-refractivity contribution in [1.82, 2.24) is 5.32 Å². The summed E-state index contributed by atoms with van der Waals surface area (Å²) < 4.78 is 32.4. The number of carboxylic acids is 2. The van der Waals surface area contributed by atoms with E-state index in [0.29, 0.717) is 37.8 Å². The Morgan fingerprint density at radius 3 is 2.48 bits per heavy atom. The predicted molar refractivity (Wildman–Crippen MR) is 82.6 cm³/mol. The minimum absolute atomic E-state index is 0.139. The molecule has 3 rings (SSSR count). The summed E-state index contributed by atoms with van der Waals surface area (Å²) in [5.74, 6) is -4.40. The first-order valence-electron chi connectivity index (χ1n) is 8.20. The smallest absolute Gasteiger partial charge is 0.339 e. The van der Waals surface area contributed by atoms with E-state index >= 15 is 0 Å². The highest BCUT2D eigenvalue weighted by Crippen LogP contribution is 2.38. The molecule has 0 aromatic heterocycles. The number of hydrogen-bond acceptors (Lipinski definition) is 4. The van der Waals surface area contributed by atoms with Crippen molar-refractivity contribution in [3.8, 4) is 5.75 Å². The number of piperidine rings is 1. The second-order valence-corrected chi connectivity index (χ2v) is 6.68. The fourth-order valence-corrected chi connectivity index (χ4v) is 3.79. The van der Waals surface area contributed by atoms with Gasteiger partial charge in [0.25, 0.3) is 0 Å². The van der Waals surface area contributed by atoms with E-state index in [4.69, 9.17) is 14.9 Å². The standard InChI is InChI=1S/C17H19F2NO5/c18-12-5-11(16(21)22)15(6-13(12)19)25-10-2-1-8-7-20-14(17(23)24)4-9(8)3-10/h5-6,8-10,14,20H,1-4,7H2,(H,21,22)(H,23,24)/t8-,9+,10-,14-/m0/s1. The Balaban J connectivity index is 1.73. The van der Waals surface area contributed by atoms with Crippen molar-refractivity contribution in [3.63, 3.8) is 0 Å². The van der Waals surface area contributed by atoms with E-state index in [1.807, 2.05) is 0 Å². The van der Waals surface area contributed by atoms with E-state index in [0.717, 1.165) is 12.5 Å². The molecule has 25 heavy (non-hydrogen) atoms. The molecule has 0 radical (unpaired) electrons. The maximum absolute atomic E-state index is 13.5. The normalized spacial score (nSPS) is 28.9. The number of hydrogen-bond donors (Lipinski definition) is 3. The highest BCUT2D eigenvalue weighted by molar-refractivity contribution is 5.90. The largest absolute Gasteiger partial charge is 0.489 e. The molecule has 0 spiro atoms. The molecular weight excluding hydrogens is 336 g/mol. The Kier molecular flexibility index (Phi) is 4.89. The van der Waals surface area contributed by atoms with Gasteiger partial charge < -0.3 is 20.3 Å². The zero-order valence-corrected chi connectivity index (χ0v) is 13.4. The van der Waals surface area contributed by atoms with E-state index in [1.54, 1.807) is 0 Å². The molecule has 1 aromatic rings. The van der Waals surface area contributed by atoms with Gasteiger partial charge in [-0.15, -0.1) is 0 Å². The van der Waals surface area contributed by atoms with Gasteiger partial charge in [-0.2, -0.15) is 0 Å². The highest BCUT2D eigenvalue weighted by atomic mass is 19.2. The quantitative estimate of drug-likeness (QED) is 0.767. The summed E-state index contributed by atoms with van der Waals surface area (Å²) in [5.41, 5.74) is -0.422. The van der Waals surface area contributed by atoms with Crippen molar-refractivity contribution >= 4 is 11.9 Å². The lowest BCUT2D eigenvalue weighted by atomic mass is 9.72. The lowest BCUT2D eigenvalue weighted by Gasteiger charge is -2.41. The summed E-state index contributed by atoms with van der Waals surface area (Å²) in [6.07, 6.45) is 2.15. The molecule has 1 aliphatic heterocycles. The molecule has 1 saturated heterocycles. The Morgan fingerprint density at radius 2 is 1.80 bits per heavy atom. The first-order valence-corrected chi connectivity index (χ1v) is 8.20. The van der Waals surface area contributed by atoms with E-state index in [1.165, 1.54) is 0 Å². The summed E-state index contributed by atoms with van der Waals surface area (Å²) in [6.45, 7) is 0.625. The average molecular weight is 355 g/mol. The van der Waals surface area contributed by atoms with Gasteiger partial charge in [-0.3, -0.25) is 4.79 Å². The number of carboxylic acid groups (broad SMARTS) is 2. The third-order valence-electron chi connectivity index (χ3n) is 5.10. The molecule has 2 fully saturated rings. The molecule has 0 bridgehead atoms. The van der Waals surface area contributed by atoms with Crippen molar-refractivity contribution in [2.24, 2.45) is 11.8 Å². The molecule has 3 N–H and O–H groups in total. The Labute approximate surface area is 142 Å². The van der Waals surface area contributed by atoms with Crippen molar-refractivity contribution < 1.29 is 33.3 Å². The summed E-state index contributed by atoms with van der Waals surface area (Å²) in [4.78, 5) is 22.4. The molecule has 1 aromatic carbocycles. The van der Waals surface area contributed by atoms with E-state index in [9.17, 15) is 18.4 Å². The van der Waals surface area contributed by atoms with Crippen LogP contribution in [0.2, 0.25) is 0 Å². The van der Waals surface area contributed by atoms with Crippen LogP contribution in [0, 0.1) is 23.5 Å². The summed E-state index contributed by atoms with van der Waals surface area (Å²) >= 11 is 0. The van der Waals surface area contributed by atoms with Gasteiger partial charge in [0.15, 0.2) is 11.6 Å². The third-order valence-corrected chi connectivity index (χ3v) is 5.10. The van der Waals surface area contributed by atoms with Gasteiger partial charge in [0, 0.05) is 6.07 Å². The Bertz CT molecular complexity index is 696. The maximum atomic E-state index is 13.5. The molecule has 1 aliphatic carbocycles. The number of ether oxygens (including phenoxy) is 1. The number of halogens is 2. The minimum Gasteiger partial charge on any atom is -0.489 e. The Hall–Kier alpha value is -2.22. The lowest BCUT2D eigenvalue weighted by Crippen LogP contribution is -2.50. The van der Waals surface area contributed by atoms with E-state index in [-0.39, 0.29) is 17.8 Å². The molecule has 6 nitrogen and oxygen atoms in total. The van der Waals surface area contributed by atoms with Crippen molar-refractivity contribution in [2.75, 3.05) is 6.54 Å². The Morgan fingerprint density at radius 1 is 1.08 bits per heavy atom. The molecule has 1 saturated carbocycles. The predicted octanol–water partition coefficient (Wildman–Crippen LogP) is 2.27. The molecular formula is C17H19F2NO5. The molecule has 0 amide bonds. The second kappa shape index (κ2) is 6.95. The van der Waals surface area contributed by atoms with E-state index in [2.05, 4.69) is 5.32 Å². The number of nitrogens with one attached hydrogen (secondary N) is 1. The number of fused-ring (bicyclic) bond motifs is 1. The van der Waals surface area contributed by atoms with Gasteiger partial charge in [-0.05, 0) is 50.1 Å². The highest BCUT2D eigenvalue weighted by Gasteiger charge is 2.38. The minimum atomic E-state index is -1.39. The maximum Gasteiger partial charge on any atom is 0.339 e. The van der Waals surface area contributed by atoms with Crippen LogP contribution in [0.1, 0.15) is 36.0 Å². The first-order chi connectivity index (χ1) is 11.8. The van der Waals surface area contributed by atoms with Crippen molar-refractivity contribution in [3.05, 3.63) is 29.3 Å². The van der Waals surface area contributed by atoms with Gasteiger partial charge in [-0.25, -0.2) is 13.6 Å². The fourth-order valence-electron chi connectivity index (χ4n) is 3.79. The van der Waals surface area contributed by atoms with E-state index < -0.39 is 35.2 Å². The lowest BCUT2D eigenvalue weighted by molar-refractivity contribution is -0.141. The molecule has 4 atom stereocenters. The number of aliphatic carboxylic acids is 1. The van der Waals surface area contributed by atoms with Gasteiger partial charge in [-0.1, -0.05) is 0 Å². The van der Waals surface area contributed by atoms with Gasteiger partial charge >= 0.3 is 11.9 Å². The SMILES string of the molecule is O=C(O)c1cc(F)c(F)cc1O[C@H]1CC[C@H]2CN[C@H](C(=O)O)C[C@H]2C1. The van der Waals surface area contributed by atoms with Crippen LogP contribution >= 0.6 is 0 Å². The summed E-state index contributed by atoms with van der Waals surface area (Å²) in [5, 5.41) is 21.3. The van der Waals surface area contributed by atoms with Crippen LogP contribution in [0.15, 0.2) is 12.1 Å². The van der Waals surface area contributed by atoms with Crippen LogP contribution in [-0.2, 0) is 4.79 Å². The van der Waals surface area contributed by atoms with Gasteiger partial charge in [0.05, 0.1) is 6.10 Å². The van der Waals surface area contributed by atoms with Crippen LogP contribution in [-0.4, -0.2) is 40.8 Å². The number of aromatic carboxylic acids is 1. The van der Waals surface area contributed by atoms with Crippen molar-refractivity contribution in [1.29, 1.82) is 0 Å². The number of rotatable bonds is 4. The zero-order valence-electron chi connectivity index (χ0n) is 13.4. The van der Waals surface area contributed by atoms with Crippen molar-refractivity contribution in [2.45, 2.75) is 37.8 Å². The van der Waals surface area contributed by atoms with Crippen LogP contribution < -0.4 is 10.1 Å². The topological polar surface area (TPSA) is 95.9 Å². The third kappa shape index (κ3) is 3.73. The van der Waals surface area contributed by atoms with Gasteiger partial charge in [0.1, 0.15) is 17.4 Å². The molecule has 8 heteroatoms. The first kappa shape index (κ1) is 17.6. The summed E-state index contributed by atoms with van der Waals surface area (Å²) in [7, 11) is 0. The number of carbonyl (C=O) groups is 2. The van der Waals surface area contributed by atoms with Gasteiger partial charge in [0.2, 0.25) is 0 Å².